The third-order valence-electron chi connectivity index (χ3n) is 4.90. The number of alkyl carbamates (subject to hydrolysis) is 1. The lowest BCUT2D eigenvalue weighted by atomic mass is 10.1. The molecular weight excluding hydrogens is 390 g/mol. The minimum absolute atomic E-state index is 0.144. The van der Waals surface area contributed by atoms with Crippen molar-refractivity contribution in [2.24, 2.45) is 0 Å². The number of methoxy groups -OCH3 is 1. The summed E-state index contributed by atoms with van der Waals surface area (Å²) in [4.78, 5) is 29.3. The van der Waals surface area contributed by atoms with Gasteiger partial charge in [0.2, 0.25) is 5.75 Å². The second-order valence-electron chi connectivity index (χ2n) is 8.50. The van der Waals surface area contributed by atoms with Gasteiger partial charge in [-0.1, -0.05) is 0 Å². The summed E-state index contributed by atoms with van der Waals surface area (Å²) < 4.78 is 22.0. The Kier molecular flexibility index (Phi) is 6.60. The summed E-state index contributed by atoms with van der Waals surface area (Å²) in [6.07, 6.45) is -0.496. The molecule has 1 aromatic carbocycles. The third-order valence-corrected chi connectivity index (χ3v) is 4.90. The molecular formula is C21H31N3O6. The van der Waals surface area contributed by atoms with Gasteiger partial charge in [0.25, 0.3) is 5.91 Å². The largest absolute Gasteiger partial charge is 0.493 e. The highest BCUT2D eigenvalue weighted by Crippen LogP contribution is 2.40. The van der Waals surface area contributed by atoms with Crippen molar-refractivity contribution in [3.05, 3.63) is 17.7 Å². The molecule has 1 fully saturated rings. The lowest BCUT2D eigenvalue weighted by Gasteiger charge is -2.40. The summed E-state index contributed by atoms with van der Waals surface area (Å²) in [5.74, 6) is 1.34. The van der Waals surface area contributed by atoms with Gasteiger partial charge in [0.1, 0.15) is 18.8 Å². The Hall–Kier alpha value is -2.68. The molecule has 166 valence electrons. The van der Waals surface area contributed by atoms with Crippen LogP contribution in [0.15, 0.2) is 12.1 Å². The predicted octanol–water partition coefficient (Wildman–Crippen LogP) is 1.75. The van der Waals surface area contributed by atoms with Crippen molar-refractivity contribution in [1.29, 1.82) is 0 Å². The molecule has 0 radical (unpaired) electrons. The second-order valence-corrected chi connectivity index (χ2v) is 8.50. The van der Waals surface area contributed by atoms with Crippen LogP contribution in [-0.4, -0.2) is 87.0 Å². The van der Waals surface area contributed by atoms with Crippen LogP contribution in [0, 0.1) is 0 Å². The highest BCUT2D eigenvalue weighted by atomic mass is 16.6. The summed E-state index contributed by atoms with van der Waals surface area (Å²) in [6, 6.07) is 3.17. The number of piperazine rings is 1. The predicted molar refractivity (Wildman–Crippen MR) is 111 cm³/mol. The molecule has 0 saturated carbocycles. The van der Waals surface area contributed by atoms with Crippen LogP contribution < -0.4 is 19.5 Å². The molecule has 3 rings (SSSR count). The monoisotopic (exact) mass is 421 g/mol. The molecule has 30 heavy (non-hydrogen) atoms. The number of nitrogens with zero attached hydrogens (tertiary/aromatic N) is 2. The van der Waals surface area contributed by atoms with Crippen LogP contribution in [-0.2, 0) is 4.74 Å². The molecule has 1 aromatic rings. The maximum atomic E-state index is 13.4. The van der Waals surface area contributed by atoms with Crippen molar-refractivity contribution in [3.63, 3.8) is 0 Å². The Labute approximate surface area is 177 Å². The van der Waals surface area contributed by atoms with Crippen LogP contribution in [0.5, 0.6) is 17.2 Å². The SMILES string of the molecule is COc1cc(C(=O)N2CCN(C)CC2CNC(=O)OC(C)(C)C)cc2c1OCCO2. The fourth-order valence-electron chi connectivity index (χ4n) is 3.53. The molecule has 9 nitrogen and oxygen atoms in total. The van der Waals surface area contributed by atoms with E-state index in [1.165, 1.54) is 7.11 Å². The van der Waals surface area contributed by atoms with Gasteiger partial charge in [-0.3, -0.25) is 4.79 Å². The van der Waals surface area contributed by atoms with Crippen LogP contribution in [0.25, 0.3) is 0 Å². The molecule has 0 aromatic heterocycles. The Morgan fingerprint density at radius 3 is 2.63 bits per heavy atom. The van der Waals surface area contributed by atoms with Crippen LogP contribution in [0.4, 0.5) is 4.79 Å². The zero-order chi connectivity index (χ0) is 21.9. The smallest absolute Gasteiger partial charge is 0.407 e. The van der Waals surface area contributed by atoms with Gasteiger partial charge in [-0.25, -0.2) is 4.79 Å². The van der Waals surface area contributed by atoms with E-state index < -0.39 is 11.7 Å². The Morgan fingerprint density at radius 1 is 1.20 bits per heavy atom. The number of rotatable bonds is 4. The number of amides is 2. The first-order valence-electron chi connectivity index (χ1n) is 10.1. The van der Waals surface area contributed by atoms with Crippen molar-refractivity contribution in [2.75, 3.05) is 53.6 Å². The van der Waals surface area contributed by atoms with Gasteiger partial charge < -0.3 is 34.1 Å². The highest BCUT2D eigenvalue weighted by molar-refractivity contribution is 5.96. The summed E-state index contributed by atoms with van der Waals surface area (Å²) in [5.41, 5.74) is -0.118. The van der Waals surface area contributed by atoms with Gasteiger partial charge in [0.15, 0.2) is 11.5 Å². The highest BCUT2D eigenvalue weighted by Gasteiger charge is 2.32. The zero-order valence-corrected chi connectivity index (χ0v) is 18.3. The standard InChI is InChI=1S/C21H31N3O6/c1-21(2,3)30-20(26)22-12-15-13-23(4)6-7-24(15)19(25)14-10-16(27-5)18-17(11-14)28-8-9-29-18/h10-11,15H,6-9,12-13H2,1-5H3,(H,22,26). The molecule has 1 unspecified atom stereocenters. The van der Waals surface area contributed by atoms with Gasteiger partial charge in [-0.2, -0.15) is 0 Å². The van der Waals surface area contributed by atoms with Crippen molar-refractivity contribution < 1.29 is 28.5 Å². The Morgan fingerprint density at radius 2 is 1.93 bits per heavy atom. The number of benzene rings is 1. The topological polar surface area (TPSA) is 89.6 Å². The van der Waals surface area contributed by atoms with Gasteiger partial charge in [0, 0.05) is 31.7 Å². The second kappa shape index (κ2) is 8.99. The maximum absolute atomic E-state index is 13.4. The van der Waals surface area contributed by atoms with Gasteiger partial charge in [-0.15, -0.1) is 0 Å². The zero-order valence-electron chi connectivity index (χ0n) is 18.3. The molecule has 0 bridgehead atoms. The number of carbonyl (C=O) groups excluding carboxylic acids is 2. The molecule has 0 spiro atoms. The van der Waals surface area contributed by atoms with E-state index in [0.29, 0.717) is 55.7 Å². The number of hydrogen-bond acceptors (Lipinski definition) is 7. The summed E-state index contributed by atoms with van der Waals surface area (Å²) in [7, 11) is 3.53. The van der Waals surface area contributed by atoms with E-state index >= 15 is 0 Å². The van der Waals surface area contributed by atoms with Crippen molar-refractivity contribution in [2.45, 2.75) is 32.4 Å². The quantitative estimate of drug-likeness (QED) is 0.792. The number of likely N-dealkylation sites (N-methyl/N-ethyl adjacent to an activating group) is 1. The Balaban J connectivity index is 1.76. The fraction of sp³-hybridized carbons (Fsp3) is 0.619. The van der Waals surface area contributed by atoms with E-state index in [9.17, 15) is 9.59 Å². The maximum Gasteiger partial charge on any atom is 0.407 e. The van der Waals surface area contributed by atoms with E-state index in [1.807, 2.05) is 27.8 Å². The van der Waals surface area contributed by atoms with E-state index in [0.717, 1.165) is 6.54 Å². The van der Waals surface area contributed by atoms with Gasteiger partial charge in [-0.05, 0) is 40.0 Å². The molecule has 2 aliphatic heterocycles. The van der Waals surface area contributed by atoms with Crippen molar-refractivity contribution in [3.8, 4) is 17.2 Å². The molecule has 9 heteroatoms. The van der Waals surface area contributed by atoms with E-state index in [4.69, 9.17) is 18.9 Å². The fourth-order valence-corrected chi connectivity index (χ4v) is 3.53. The number of carbonyl (C=O) groups is 2. The normalized spacial score (nSPS) is 19.2. The summed E-state index contributed by atoms with van der Waals surface area (Å²) in [6.45, 7) is 8.53. The Bertz CT molecular complexity index is 774. The minimum atomic E-state index is -0.579. The number of nitrogens with one attached hydrogen (secondary N) is 1. The van der Waals surface area contributed by atoms with Gasteiger partial charge >= 0.3 is 6.09 Å². The van der Waals surface area contributed by atoms with Crippen LogP contribution in [0.1, 0.15) is 31.1 Å². The summed E-state index contributed by atoms with van der Waals surface area (Å²) >= 11 is 0. The molecule has 1 atom stereocenters. The van der Waals surface area contributed by atoms with E-state index in [2.05, 4.69) is 10.2 Å². The molecule has 1 N–H and O–H groups in total. The molecule has 0 aliphatic carbocycles. The summed E-state index contributed by atoms with van der Waals surface area (Å²) in [5, 5.41) is 2.79. The number of fused-ring (bicyclic) bond motifs is 1. The molecule has 1 saturated heterocycles. The lowest BCUT2D eigenvalue weighted by Crippen LogP contribution is -2.58. The van der Waals surface area contributed by atoms with Crippen LogP contribution >= 0.6 is 0 Å². The molecule has 2 aliphatic rings. The minimum Gasteiger partial charge on any atom is -0.493 e. The lowest BCUT2D eigenvalue weighted by molar-refractivity contribution is 0.0402. The third kappa shape index (κ3) is 5.27. The van der Waals surface area contributed by atoms with Crippen LogP contribution in [0.3, 0.4) is 0 Å². The average molecular weight is 421 g/mol. The first-order valence-corrected chi connectivity index (χ1v) is 10.1. The number of hydrogen-bond donors (Lipinski definition) is 1. The van der Waals surface area contributed by atoms with Gasteiger partial charge in [0.05, 0.1) is 13.2 Å². The molecule has 2 heterocycles. The van der Waals surface area contributed by atoms with E-state index in [1.54, 1.807) is 17.0 Å². The first kappa shape index (κ1) is 22.0. The van der Waals surface area contributed by atoms with Crippen molar-refractivity contribution >= 4 is 12.0 Å². The molecule has 2 amide bonds. The van der Waals surface area contributed by atoms with Crippen molar-refractivity contribution in [1.82, 2.24) is 15.1 Å². The number of ether oxygens (including phenoxy) is 4. The first-order chi connectivity index (χ1) is 14.2. The van der Waals surface area contributed by atoms with Crippen LogP contribution in [0.2, 0.25) is 0 Å². The van der Waals surface area contributed by atoms with E-state index in [-0.39, 0.29) is 11.9 Å². The average Bonchev–Trinajstić information content (AvgIpc) is 2.69.